The Morgan fingerprint density at radius 1 is 1.17 bits per heavy atom. The Labute approximate surface area is 145 Å². The van der Waals surface area contributed by atoms with Gasteiger partial charge in [0.15, 0.2) is 0 Å². The number of carbonyl (C=O) groups is 1. The molecule has 122 valence electrons. The third-order valence-electron chi connectivity index (χ3n) is 3.67. The Kier molecular flexibility index (Phi) is 4.91. The second-order valence-electron chi connectivity index (χ2n) is 5.39. The van der Waals surface area contributed by atoms with Gasteiger partial charge < -0.3 is 10.1 Å². The molecule has 24 heavy (non-hydrogen) atoms. The van der Waals surface area contributed by atoms with Crippen LogP contribution < -0.4 is 10.1 Å². The number of nitrogens with zero attached hydrogens (tertiary/aromatic N) is 1. The van der Waals surface area contributed by atoms with Crippen molar-refractivity contribution < 1.29 is 9.53 Å². The van der Waals surface area contributed by atoms with E-state index in [9.17, 15) is 4.79 Å². The maximum absolute atomic E-state index is 12.2. The summed E-state index contributed by atoms with van der Waals surface area (Å²) in [5.41, 5.74) is 3.78. The summed E-state index contributed by atoms with van der Waals surface area (Å²) in [5, 5.41) is 5.70. The summed E-state index contributed by atoms with van der Waals surface area (Å²) < 4.78 is 5.16. The van der Waals surface area contributed by atoms with Gasteiger partial charge in [0.25, 0.3) is 0 Å². The van der Waals surface area contributed by atoms with Crippen LogP contribution in [0.5, 0.6) is 5.75 Å². The summed E-state index contributed by atoms with van der Waals surface area (Å²) in [6, 6.07) is 15.5. The van der Waals surface area contributed by atoms with Gasteiger partial charge in [-0.15, -0.1) is 11.3 Å². The average molecular weight is 338 g/mol. The maximum Gasteiger partial charge on any atom is 0.231 e. The van der Waals surface area contributed by atoms with E-state index in [0.717, 1.165) is 33.3 Å². The molecule has 5 heteroatoms. The van der Waals surface area contributed by atoms with E-state index < -0.39 is 0 Å². The summed E-state index contributed by atoms with van der Waals surface area (Å²) in [6.45, 7) is 1.97. The van der Waals surface area contributed by atoms with Gasteiger partial charge in [0.05, 0.1) is 19.2 Å². The smallest absolute Gasteiger partial charge is 0.231 e. The summed E-state index contributed by atoms with van der Waals surface area (Å²) >= 11 is 1.49. The zero-order valence-electron chi connectivity index (χ0n) is 13.6. The van der Waals surface area contributed by atoms with Crippen LogP contribution in [0, 0.1) is 6.92 Å². The molecule has 1 aromatic heterocycles. The van der Waals surface area contributed by atoms with Crippen LogP contribution in [0.25, 0.3) is 11.3 Å². The molecule has 0 saturated carbocycles. The first-order chi connectivity index (χ1) is 11.7. The van der Waals surface area contributed by atoms with Crippen molar-refractivity contribution in [1.82, 2.24) is 4.98 Å². The van der Waals surface area contributed by atoms with Gasteiger partial charge in [0, 0.05) is 16.6 Å². The molecule has 1 N–H and O–H groups in total. The van der Waals surface area contributed by atoms with Gasteiger partial charge in [-0.2, -0.15) is 0 Å². The van der Waals surface area contributed by atoms with Crippen LogP contribution >= 0.6 is 11.3 Å². The standard InChI is InChI=1S/C19H18N2O2S/c1-13-5-3-4-6-16(13)20-18(22)11-19-21-17(12-24-19)14-7-9-15(23-2)10-8-14/h3-10,12H,11H2,1-2H3,(H,20,22). The zero-order valence-corrected chi connectivity index (χ0v) is 14.4. The van der Waals surface area contributed by atoms with Crippen molar-refractivity contribution in [3.63, 3.8) is 0 Å². The lowest BCUT2D eigenvalue weighted by Crippen LogP contribution is -2.14. The molecule has 4 nitrogen and oxygen atoms in total. The Balaban J connectivity index is 1.67. The van der Waals surface area contributed by atoms with Crippen molar-refractivity contribution in [2.24, 2.45) is 0 Å². The number of rotatable bonds is 5. The Morgan fingerprint density at radius 3 is 2.62 bits per heavy atom. The number of hydrogen-bond donors (Lipinski definition) is 1. The summed E-state index contributed by atoms with van der Waals surface area (Å²) in [4.78, 5) is 16.8. The van der Waals surface area contributed by atoms with Crippen LogP contribution in [0.3, 0.4) is 0 Å². The molecule has 0 aliphatic heterocycles. The van der Waals surface area contributed by atoms with Crippen LogP contribution in [-0.4, -0.2) is 18.0 Å². The minimum Gasteiger partial charge on any atom is -0.497 e. The van der Waals surface area contributed by atoms with Crippen LogP contribution in [-0.2, 0) is 11.2 Å². The molecule has 0 aliphatic rings. The molecule has 0 spiro atoms. The van der Waals surface area contributed by atoms with E-state index >= 15 is 0 Å². The number of benzene rings is 2. The van der Waals surface area contributed by atoms with Crippen molar-refractivity contribution in [3.8, 4) is 17.0 Å². The molecule has 1 heterocycles. The number of anilines is 1. The number of hydrogen-bond acceptors (Lipinski definition) is 4. The quantitative estimate of drug-likeness (QED) is 0.754. The minimum absolute atomic E-state index is 0.0556. The summed E-state index contributed by atoms with van der Waals surface area (Å²) in [5.74, 6) is 0.756. The second kappa shape index (κ2) is 7.27. The predicted molar refractivity (Wildman–Crippen MR) is 97.6 cm³/mol. The normalized spacial score (nSPS) is 10.4. The fourth-order valence-electron chi connectivity index (χ4n) is 2.33. The Hall–Kier alpha value is -2.66. The third kappa shape index (κ3) is 3.81. The number of aryl methyl sites for hydroxylation is 1. The number of aromatic nitrogens is 1. The van der Waals surface area contributed by atoms with Crippen molar-refractivity contribution in [2.45, 2.75) is 13.3 Å². The summed E-state index contributed by atoms with van der Waals surface area (Å²) in [6.07, 6.45) is 0.273. The number of para-hydroxylation sites is 1. The topological polar surface area (TPSA) is 51.2 Å². The molecule has 0 bridgehead atoms. The molecular formula is C19H18N2O2S. The minimum atomic E-state index is -0.0556. The first-order valence-electron chi connectivity index (χ1n) is 7.60. The van der Waals surface area contributed by atoms with Crippen LogP contribution in [0.4, 0.5) is 5.69 Å². The number of ether oxygens (including phenoxy) is 1. The van der Waals surface area contributed by atoms with Gasteiger partial charge in [-0.3, -0.25) is 4.79 Å². The molecule has 0 aliphatic carbocycles. The fraction of sp³-hybridized carbons (Fsp3) is 0.158. The molecule has 0 atom stereocenters. The molecule has 2 aromatic carbocycles. The lowest BCUT2D eigenvalue weighted by Gasteiger charge is -2.06. The first kappa shape index (κ1) is 16.2. The number of nitrogens with one attached hydrogen (secondary N) is 1. The molecule has 3 aromatic rings. The SMILES string of the molecule is COc1ccc(-c2csc(CC(=O)Nc3ccccc3C)n2)cc1. The highest BCUT2D eigenvalue weighted by Gasteiger charge is 2.10. The number of amides is 1. The summed E-state index contributed by atoms with van der Waals surface area (Å²) in [7, 11) is 1.64. The van der Waals surface area contributed by atoms with E-state index in [1.54, 1.807) is 7.11 Å². The van der Waals surface area contributed by atoms with Gasteiger partial charge in [0.2, 0.25) is 5.91 Å². The Bertz CT molecular complexity index is 841. The number of thiazole rings is 1. The molecule has 0 fully saturated rings. The fourth-order valence-corrected chi connectivity index (χ4v) is 3.13. The van der Waals surface area contributed by atoms with Gasteiger partial charge >= 0.3 is 0 Å². The average Bonchev–Trinajstić information content (AvgIpc) is 3.05. The van der Waals surface area contributed by atoms with E-state index in [-0.39, 0.29) is 12.3 Å². The van der Waals surface area contributed by atoms with Crippen molar-refractivity contribution in [1.29, 1.82) is 0 Å². The number of carbonyl (C=O) groups excluding carboxylic acids is 1. The third-order valence-corrected chi connectivity index (χ3v) is 4.52. The lowest BCUT2D eigenvalue weighted by atomic mass is 10.2. The van der Waals surface area contributed by atoms with Crippen molar-refractivity contribution in [2.75, 3.05) is 12.4 Å². The van der Waals surface area contributed by atoms with E-state index in [2.05, 4.69) is 10.3 Å². The van der Waals surface area contributed by atoms with Crippen LogP contribution in [0.2, 0.25) is 0 Å². The van der Waals surface area contributed by atoms with Crippen molar-refractivity contribution in [3.05, 3.63) is 64.5 Å². The van der Waals surface area contributed by atoms with E-state index in [0.29, 0.717) is 0 Å². The molecule has 0 saturated heterocycles. The molecule has 0 radical (unpaired) electrons. The molecule has 3 rings (SSSR count). The number of methoxy groups -OCH3 is 1. The van der Waals surface area contributed by atoms with Gasteiger partial charge in [0.1, 0.15) is 10.8 Å². The van der Waals surface area contributed by atoms with Crippen LogP contribution in [0.1, 0.15) is 10.6 Å². The monoisotopic (exact) mass is 338 g/mol. The van der Waals surface area contributed by atoms with Gasteiger partial charge in [-0.1, -0.05) is 18.2 Å². The highest BCUT2D eigenvalue weighted by Crippen LogP contribution is 2.24. The zero-order chi connectivity index (χ0) is 16.9. The molecular weight excluding hydrogens is 320 g/mol. The highest BCUT2D eigenvalue weighted by atomic mass is 32.1. The van der Waals surface area contributed by atoms with E-state index in [1.165, 1.54) is 11.3 Å². The largest absolute Gasteiger partial charge is 0.497 e. The maximum atomic E-state index is 12.2. The Morgan fingerprint density at radius 2 is 1.92 bits per heavy atom. The molecule has 0 unspecified atom stereocenters. The van der Waals surface area contributed by atoms with Gasteiger partial charge in [-0.05, 0) is 42.8 Å². The first-order valence-corrected chi connectivity index (χ1v) is 8.48. The van der Waals surface area contributed by atoms with Crippen LogP contribution in [0.15, 0.2) is 53.9 Å². The molecule has 1 amide bonds. The lowest BCUT2D eigenvalue weighted by molar-refractivity contribution is -0.115. The van der Waals surface area contributed by atoms with Gasteiger partial charge in [-0.25, -0.2) is 4.98 Å². The predicted octanol–water partition coefficient (Wildman–Crippen LogP) is 4.31. The van der Waals surface area contributed by atoms with E-state index in [1.807, 2.05) is 60.8 Å². The second-order valence-corrected chi connectivity index (χ2v) is 6.34. The van der Waals surface area contributed by atoms with Crippen molar-refractivity contribution >= 4 is 22.9 Å². The highest BCUT2D eigenvalue weighted by molar-refractivity contribution is 7.10. The van der Waals surface area contributed by atoms with E-state index in [4.69, 9.17) is 4.74 Å².